The molecule has 1 atom stereocenters. The minimum Gasteiger partial charge on any atom is -0.386 e. The molecule has 2 aromatic rings. The second-order valence-electron chi connectivity index (χ2n) is 4.27. The van der Waals surface area contributed by atoms with Gasteiger partial charge in [0.15, 0.2) is 11.6 Å². The fraction of sp³-hybridized carbons (Fsp3) is 0.214. The topological polar surface area (TPSA) is 42.2 Å². The van der Waals surface area contributed by atoms with Crippen molar-refractivity contribution in [2.75, 3.05) is 0 Å². The van der Waals surface area contributed by atoms with E-state index >= 15 is 0 Å². The normalized spacial score (nSPS) is 12.4. The van der Waals surface area contributed by atoms with Crippen LogP contribution in [-0.4, -0.2) is 9.67 Å². The zero-order chi connectivity index (χ0) is 14.0. The third-order valence-electron chi connectivity index (χ3n) is 2.96. The van der Waals surface area contributed by atoms with Crippen molar-refractivity contribution >= 4 is 0 Å². The van der Waals surface area contributed by atoms with Crippen molar-refractivity contribution in [2.24, 2.45) is 0 Å². The summed E-state index contributed by atoms with van der Waals surface area (Å²) in [6.07, 6.45) is -1.28. The van der Waals surface area contributed by atoms with Crippen molar-refractivity contribution in [3.63, 3.8) is 0 Å². The van der Waals surface area contributed by atoms with Gasteiger partial charge in [0.2, 0.25) is 0 Å². The number of nitrogens with zero attached hydrogens (tertiary/aromatic N) is 1. The molecule has 0 aliphatic carbocycles. The Kier molecular flexibility index (Phi) is 3.76. The van der Waals surface area contributed by atoms with E-state index in [0.29, 0.717) is 5.69 Å². The summed E-state index contributed by atoms with van der Waals surface area (Å²) in [5.41, 5.74) is 0.189. The van der Waals surface area contributed by atoms with Gasteiger partial charge in [0.05, 0.1) is 12.6 Å². The van der Waals surface area contributed by atoms with Crippen LogP contribution in [0.3, 0.4) is 0 Å². The zero-order valence-electron chi connectivity index (χ0n) is 10.3. The number of hydrogen-bond donors (Lipinski definition) is 1. The van der Waals surface area contributed by atoms with Crippen LogP contribution >= 0.6 is 0 Å². The zero-order valence-corrected chi connectivity index (χ0v) is 10.3. The lowest BCUT2D eigenvalue weighted by molar-refractivity contribution is 0.148. The Labute approximate surface area is 108 Å². The van der Waals surface area contributed by atoms with Crippen molar-refractivity contribution in [1.82, 2.24) is 4.57 Å². The molecule has 0 saturated heterocycles. The van der Waals surface area contributed by atoms with Gasteiger partial charge >= 0.3 is 0 Å². The molecule has 1 N–H and O–H groups in total. The first kappa shape index (κ1) is 13.4. The Bertz CT molecular complexity index is 652. The molecule has 3 nitrogen and oxygen atoms in total. The van der Waals surface area contributed by atoms with E-state index in [1.54, 1.807) is 19.1 Å². The third-order valence-corrected chi connectivity index (χ3v) is 2.96. The maximum Gasteiger partial charge on any atom is 0.250 e. The van der Waals surface area contributed by atoms with Gasteiger partial charge in [-0.05, 0) is 19.1 Å². The molecular formula is C14H13F2NO2. The molecule has 1 unspecified atom stereocenters. The van der Waals surface area contributed by atoms with Crippen LogP contribution in [0, 0.1) is 18.6 Å². The summed E-state index contributed by atoms with van der Waals surface area (Å²) in [5, 5.41) is 9.96. The minimum absolute atomic E-state index is 0.119. The van der Waals surface area contributed by atoms with E-state index < -0.39 is 17.7 Å². The van der Waals surface area contributed by atoms with Crippen LogP contribution in [0.4, 0.5) is 8.78 Å². The van der Waals surface area contributed by atoms with Crippen LogP contribution in [0.15, 0.2) is 41.2 Å². The summed E-state index contributed by atoms with van der Waals surface area (Å²) in [7, 11) is 0. The number of aliphatic hydroxyl groups is 1. The number of aromatic nitrogens is 1. The number of benzene rings is 1. The summed E-state index contributed by atoms with van der Waals surface area (Å²) < 4.78 is 27.9. The van der Waals surface area contributed by atoms with E-state index in [9.17, 15) is 18.7 Å². The first-order valence-corrected chi connectivity index (χ1v) is 5.79. The molecule has 100 valence electrons. The van der Waals surface area contributed by atoms with Gasteiger partial charge in [-0.3, -0.25) is 4.79 Å². The summed E-state index contributed by atoms with van der Waals surface area (Å²) in [4.78, 5) is 11.6. The largest absolute Gasteiger partial charge is 0.386 e. The molecule has 0 aliphatic rings. The van der Waals surface area contributed by atoms with Crippen molar-refractivity contribution < 1.29 is 13.9 Å². The van der Waals surface area contributed by atoms with E-state index in [2.05, 4.69) is 0 Å². The molecule has 19 heavy (non-hydrogen) atoms. The molecule has 0 aliphatic heterocycles. The fourth-order valence-corrected chi connectivity index (χ4v) is 1.91. The van der Waals surface area contributed by atoms with Crippen molar-refractivity contribution in [1.29, 1.82) is 0 Å². The van der Waals surface area contributed by atoms with Gasteiger partial charge in [-0.2, -0.15) is 0 Å². The minimum atomic E-state index is -1.28. The van der Waals surface area contributed by atoms with E-state index in [-0.39, 0.29) is 17.7 Å². The van der Waals surface area contributed by atoms with Gasteiger partial charge in [0.25, 0.3) is 5.56 Å². The molecule has 0 radical (unpaired) electrons. The summed E-state index contributed by atoms with van der Waals surface area (Å²) in [6.45, 7) is 1.59. The summed E-state index contributed by atoms with van der Waals surface area (Å²) in [5.74, 6) is -2.11. The second kappa shape index (κ2) is 5.32. The van der Waals surface area contributed by atoms with Crippen LogP contribution in [0.5, 0.6) is 0 Å². The molecule has 1 aromatic heterocycles. The van der Waals surface area contributed by atoms with E-state index in [1.165, 1.54) is 22.8 Å². The Morgan fingerprint density at radius 2 is 1.89 bits per heavy atom. The maximum absolute atomic E-state index is 13.5. The second-order valence-corrected chi connectivity index (χ2v) is 4.27. The lowest BCUT2D eigenvalue weighted by Gasteiger charge is -2.15. The Morgan fingerprint density at radius 3 is 2.58 bits per heavy atom. The SMILES string of the molecule is Cc1cccc(=O)n1CC(O)c1cccc(F)c1F. The molecule has 0 fully saturated rings. The highest BCUT2D eigenvalue weighted by Crippen LogP contribution is 2.20. The average molecular weight is 265 g/mol. The third kappa shape index (κ3) is 2.71. The number of aliphatic hydroxyl groups excluding tert-OH is 1. The lowest BCUT2D eigenvalue weighted by Crippen LogP contribution is -2.24. The van der Waals surface area contributed by atoms with Crippen LogP contribution in [0.25, 0.3) is 0 Å². The van der Waals surface area contributed by atoms with Gasteiger partial charge in [-0.25, -0.2) is 8.78 Å². The smallest absolute Gasteiger partial charge is 0.250 e. The molecule has 1 heterocycles. The number of aryl methyl sites for hydroxylation is 1. The Hall–Kier alpha value is -2.01. The number of pyridine rings is 1. The predicted molar refractivity (Wildman–Crippen MR) is 66.8 cm³/mol. The quantitative estimate of drug-likeness (QED) is 0.924. The highest BCUT2D eigenvalue weighted by molar-refractivity contribution is 5.21. The summed E-state index contributed by atoms with van der Waals surface area (Å²) >= 11 is 0. The summed E-state index contributed by atoms with van der Waals surface area (Å²) in [6, 6.07) is 8.25. The number of rotatable bonds is 3. The predicted octanol–water partition coefficient (Wildman–Crippen LogP) is 2.17. The van der Waals surface area contributed by atoms with Crippen molar-refractivity contribution in [2.45, 2.75) is 19.6 Å². The van der Waals surface area contributed by atoms with Crippen LogP contribution in [0.1, 0.15) is 17.4 Å². The van der Waals surface area contributed by atoms with Crippen molar-refractivity contribution in [3.05, 3.63) is 69.6 Å². The fourth-order valence-electron chi connectivity index (χ4n) is 1.91. The Balaban J connectivity index is 2.34. The van der Waals surface area contributed by atoms with Gasteiger partial charge in [0.1, 0.15) is 0 Å². The van der Waals surface area contributed by atoms with Gasteiger partial charge < -0.3 is 9.67 Å². The highest BCUT2D eigenvalue weighted by Gasteiger charge is 2.17. The molecule has 0 bridgehead atoms. The highest BCUT2D eigenvalue weighted by atomic mass is 19.2. The van der Waals surface area contributed by atoms with Gasteiger partial charge in [0, 0.05) is 17.3 Å². The van der Waals surface area contributed by atoms with Crippen LogP contribution in [0.2, 0.25) is 0 Å². The molecule has 0 saturated carbocycles. The number of halogens is 2. The lowest BCUT2D eigenvalue weighted by atomic mass is 10.1. The molecule has 1 aromatic carbocycles. The van der Waals surface area contributed by atoms with Gasteiger partial charge in [-0.1, -0.05) is 18.2 Å². The average Bonchev–Trinajstić information content (AvgIpc) is 2.37. The molecule has 0 spiro atoms. The van der Waals surface area contributed by atoms with Crippen molar-refractivity contribution in [3.8, 4) is 0 Å². The molecular weight excluding hydrogens is 252 g/mol. The number of hydrogen-bond acceptors (Lipinski definition) is 2. The monoisotopic (exact) mass is 265 g/mol. The van der Waals surface area contributed by atoms with E-state index in [4.69, 9.17) is 0 Å². The maximum atomic E-state index is 13.5. The van der Waals surface area contributed by atoms with Crippen LogP contribution < -0.4 is 5.56 Å². The van der Waals surface area contributed by atoms with E-state index in [0.717, 1.165) is 6.07 Å². The molecule has 2 rings (SSSR count). The Morgan fingerprint density at radius 1 is 1.21 bits per heavy atom. The van der Waals surface area contributed by atoms with Gasteiger partial charge in [-0.15, -0.1) is 0 Å². The first-order valence-electron chi connectivity index (χ1n) is 5.79. The van der Waals surface area contributed by atoms with Crippen LogP contribution in [-0.2, 0) is 6.54 Å². The molecule has 0 amide bonds. The van der Waals surface area contributed by atoms with E-state index in [1.807, 2.05) is 0 Å². The molecule has 5 heteroatoms. The first-order chi connectivity index (χ1) is 9.00. The standard InChI is InChI=1S/C14H13F2NO2/c1-9-4-2-7-13(19)17(9)8-12(18)10-5-3-6-11(15)14(10)16/h2-7,12,18H,8H2,1H3.